The van der Waals surface area contributed by atoms with E-state index in [1.165, 1.54) is 12.4 Å². The number of nitrogens with one attached hydrogen (secondary N) is 1. The number of halogens is 1. The van der Waals surface area contributed by atoms with Gasteiger partial charge in [0.2, 0.25) is 0 Å². The molecule has 0 bridgehead atoms. The molecular weight excluding hydrogens is 511 g/mol. The van der Waals surface area contributed by atoms with Crippen molar-refractivity contribution in [3.8, 4) is 28.8 Å². The van der Waals surface area contributed by atoms with E-state index in [9.17, 15) is 10.1 Å². The summed E-state index contributed by atoms with van der Waals surface area (Å²) in [6.45, 7) is 5.77. The Morgan fingerprint density at radius 2 is 1.95 bits per heavy atom. The number of anilines is 1. The molecule has 1 amide bonds. The smallest absolute Gasteiger partial charge is 0.261 e. The number of carbonyl (C=O) groups is 1. The number of fused-ring (bicyclic) bond motifs is 1. The zero-order chi connectivity index (χ0) is 29.0. The van der Waals surface area contributed by atoms with Crippen molar-refractivity contribution in [2.45, 2.75) is 38.9 Å². The highest BCUT2D eigenvalue weighted by atomic mass is 19.1. The van der Waals surface area contributed by atoms with Gasteiger partial charge in [-0.1, -0.05) is 18.2 Å². The van der Waals surface area contributed by atoms with Crippen LogP contribution in [0.5, 0.6) is 11.5 Å². The molecule has 10 nitrogen and oxygen atoms in total. The summed E-state index contributed by atoms with van der Waals surface area (Å²) in [7, 11) is 3.74. The van der Waals surface area contributed by atoms with Crippen LogP contribution in [0, 0.1) is 17.1 Å². The normalized spacial score (nSPS) is 12.8. The van der Waals surface area contributed by atoms with E-state index >= 15 is 4.39 Å². The molecule has 2 heterocycles. The minimum absolute atomic E-state index is 0.00279. The Morgan fingerprint density at radius 1 is 1.23 bits per heavy atom. The van der Waals surface area contributed by atoms with Gasteiger partial charge >= 0.3 is 0 Å². The molecule has 0 aliphatic heterocycles. The second-order valence-electron chi connectivity index (χ2n) is 10.1. The lowest BCUT2D eigenvalue weighted by molar-refractivity contribution is -0.117. The van der Waals surface area contributed by atoms with Gasteiger partial charge < -0.3 is 20.7 Å². The molecule has 0 radical (unpaired) electrons. The molecule has 1 atom stereocenters. The predicted molar refractivity (Wildman–Crippen MR) is 151 cm³/mol. The van der Waals surface area contributed by atoms with Crippen molar-refractivity contribution in [2.75, 3.05) is 19.8 Å². The van der Waals surface area contributed by atoms with E-state index < -0.39 is 23.3 Å². The first-order chi connectivity index (χ1) is 19.0. The Balaban J connectivity index is 1.61. The van der Waals surface area contributed by atoms with Crippen LogP contribution in [0.2, 0.25) is 0 Å². The molecule has 4 aromatic rings. The minimum atomic E-state index is -0.558. The number of amides is 1. The third kappa shape index (κ3) is 6.08. The third-order valence-electron chi connectivity index (χ3n) is 6.57. The Hall–Kier alpha value is -4.82. The molecular formula is C29H31FN8O2. The number of hydrogen-bond donors (Lipinski definition) is 2. The lowest BCUT2D eigenvalue weighted by Crippen LogP contribution is -2.40. The van der Waals surface area contributed by atoms with Crippen molar-refractivity contribution in [2.24, 2.45) is 0 Å². The molecule has 0 spiro atoms. The SMILES string of the molecule is C[C@@H](Cn1nc(-c2ccc(Oc3ccccc3)cc2F)c2c(N)ncnc21)NC(=O)C(C#N)=CC(C)(C)N(C)C. The maximum absolute atomic E-state index is 15.4. The zero-order valence-electron chi connectivity index (χ0n) is 23.0. The summed E-state index contributed by atoms with van der Waals surface area (Å²) >= 11 is 0. The summed E-state index contributed by atoms with van der Waals surface area (Å²) in [5, 5.41) is 17.4. The average Bonchev–Trinajstić information content (AvgIpc) is 3.26. The maximum atomic E-state index is 15.4. The monoisotopic (exact) mass is 542 g/mol. The lowest BCUT2D eigenvalue weighted by atomic mass is 10.00. The number of rotatable bonds is 9. The molecule has 206 valence electrons. The van der Waals surface area contributed by atoms with Crippen molar-refractivity contribution >= 4 is 22.8 Å². The Morgan fingerprint density at radius 3 is 2.60 bits per heavy atom. The predicted octanol–water partition coefficient (Wildman–Crippen LogP) is 4.30. The van der Waals surface area contributed by atoms with E-state index in [0.29, 0.717) is 22.5 Å². The van der Waals surface area contributed by atoms with Crippen molar-refractivity contribution in [3.05, 3.63) is 72.3 Å². The van der Waals surface area contributed by atoms with E-state index in [4.69, 9.17) is 10.5 Å². The van der Waals surface area contributed by atoms with Gasteiger partial charge in [-0.3, -0.25) is 4.79 Å². The highest BCUT2D eigenvalue weighted by molar-refractivity contribution is 5.99. The largest absolute Gasteiger partial charge is 0.457 e. The van der Waals surface area contributed by atoms with E-state index in [1.807, 2.05) is 57.1 Å². The fourth-order valence-electron chi connectivity index (χ4n) is 3.96. The lowest BCUT2D eigenvalue weighted by Gasteiger charge is -2.29. The average molecular weight is 543 g/mol. The highest BCUT2D eigenvalue weighted by Gasteiger charge is 2.24. The van der Waals surface area contributed by atoms with E-state index in [1.54, 1.807) is 41.9 Å². The molecule has 0 fully saturated rings. The van der Waals surface area contributed by atoms with Crippen LogP contribution in [-0.2, 0) is 11.3 Å². The summed E-state index contributed by atoms with van der Waals surface area (Å²) in [6, 6.07) is 15.1. The summed E-state index contributed by atoms with van der Waals surface area (Å²) < 4.78 is 22.6. The first-order valence-corrected chi connectivity index (χ1v) is 12.6. The van der Waals surface area contributed by atoms with Crippen LogP contribution in [-0.4, -0.2) is 56.2 Å². The van der Waals surface area contributed by atoms with Gasteiger partial charge in [-0.15, -0.1) is 0 Å². The van der Waals surface area contributed by atoms with Crippen LogP contribution in [0.25, 0.3) is 22.3 Å². The fraction of sp³-hybridized carbons (Fsp3) is 0.276. The molecule has 3 N–H and O–H groups in total. The van der Waals surface area contributed by atoms with Gasteiger partial charge in [0, 0.05) is 23.2 Å². The van der Waals surface area contributed by atoms with E-state index in [-0.39, 0.29) is 29.2 Å². The second kappa shape index (κ2) is 11.5. The highest BCUT2D eigenvalue weighted by Crippen LogP contribution is 2.34. The van der Waals surface area contributed by atoms with Crippen molar-refractivity contribution in [3.63, 3.8) is 0 Å². The van der Waals surface area contributed by atoms with Crippen LogP contribution in [0.1, 0.15) is 20.8 Å². The standard InChI is InChI=1S/C29H31FN8O2/c1-18(35-28(39)19(15-31)14-29(2,3)37(4)5)16-38-27-24(26(32)33-17-34-27)25(36-38)22-12-11-21(13-23(22)30)40-20-9-7-6-8-10-20/h6-14,17-18H,16H2,1-5H3,(H,35,39)(H2,32,33,34)/t18-/m0/s1. The summed E-state index contributed by atoms with van der Waals surface area (Å²) in [5.74, 6) is -0.00599. The molecule has 0 aliphatic rings. The molecule has 0 aliphatic carbocycles. The maximum Gasteiger partial charge on any atom is 0.261 e. The zero-order valence-corrected chi connectivity index (χ0v) is 23.0. The number of carbonyl (C=O) groups excluding carboxylic acids is 1. The van der Waals surface area contributed by atoms with Crippen LogP contribution in [0.15, 0.2) is 66.5 Å². The number of aromatic nitrogens is 4. The first-order valence-electron chi connectivity index (χ1n) is 12.6. The van der Waals surface area contributed by atoms with E-state index in [0.717, 1.165) is 0 Å². The van der Waals surface area contributed by atoms with E-state index in [2.05, 4.69) is 20.4 Å². The Labute approximate surface area is 231 Å². The molecule has 0 saturated carbocycles. The topological polar surface area (TPSA) is 135 Å². The van der Waals surface area contributed by atoms with Crippen molar-refractivity contribution in [1.82, 2.24) is 30.0 Å². The number of likely N-dealkylation sites (N-methyl/N-ethyl adjacent to an activating group) is 1. The van der Waals surface area contributed by atoms with Crippen LogP contribution in [0.4, 0.5) is 10.2 Å². The number of hydrogen-bond acceptors (Lipinski definition) is 8. The number of para-hydroxylation sites is 1. The fourth-order valence-corrected chi connectivity index (χ4v) is 3.96. The molecule has 11 heteroatoms. The van der Waals surface area contributed by atoms with Gasteiger partial charge in [0.15, 0.2) is 5.65 Å². The Bertz CT molecular complexity index is 1610. The number of nitriles is 1. The van der Waals surface area contributed by atoms with Crippen molar-refractivity contribution in [1.29, 1.82) is 5.26 Å². The van der Waals surface area contributed by atoms with Crippen LogP contribution < -0.4 is 15.8 Å². The van der Waals surface area contributed by atoms with Crippen LogP contribution in [0.3, 0.4) is 0 Å². The molecule has 2 aromatic carbocycles. The summed E-state index contributed by atoms with van der Waals surface area (Å²) in [6.07, 6.45) is 2.92. The summed E-state index contributed by atoms with van der Waals surface area (Å²) in [5.41, 5.74) is 6.52. The molecule has 4 rings (SSSR count). The Kier molecular flexibility index (Phi) is 8.11. The van der Waals surface area contributed by atoms with Crippen LogP contribution >= 0.6 is 0 Å². The molecule has 40 heavy (non-hydrogen) atoms. The van der Waals surface area contributed by atoms with Gasteiger partial charge in [0.25, 0.3) is 5.91 Å². The van der Waals surface area contributed by atoms with Gasteiger partial charge in [-0.25, -0.2) is 19.0 Å². The number of benzene rings is 2. The second-order valence-corrected chi connectivity index (χ2v) is 10.1. The number of nitrogens with zero attached hydrogens (tertiary/aromatic N) is 6. The molecule has 0 unspecified atom stereocenters. The quantitative estimate of drug-likeness (QED) is 0.236. The van der Waals surface area contributed by atoms with Gasteiger partial charge in [0.05, 0.1) is 11.9 Å². The molecule has 0 saturated heterocycles. The van der Waals surface area contributed by atoms with Gasteiger partial charge in [0.1, 0.15) is 46.8 Å². The minimum Gasteiger partial charge on any atom is -0.457 e. The number of ether oxygens (including phenoxy) is 1. The van der Waals surface area contributed by atoms with Gasteiger partial charge in [-0.2, -0.15) is 10.4 Å². The third-order valence-corrected chi connectivity index (χ3v) is 6.57. The number of nitrogens with two attached hydrogens (primary N) is 1. The van der Waals surface area contributed by atoms with Crippen molar-refractivity contribution < 1.29 is 13.9 Å². The first kappa shape index (κ1) is 28.2. The molecule has 2 aromatic heterocycles. The summed E-state index contributed by atoms with van der Waals surface area (Å²) in [4.78, 5) is 23.2. The van der Waals surface area contributed by atoms with Gasteiger partial charge in [-0.05, 0) is 65.2 Å². The number of nitrogen functional groups attached to an aromatic ring is 1.